The lowest BCUT2D eigenvalue weighted by Gasteiger charge is -2.33. The van der Waals surface area contributed by atoms with Crippen LogP contribution in [0.3, 0.4) is 0 Å². The van der Waals surface area contributed by atoms with E-state index in [1.165, 1.54) is 22.5 Å². The molecule has 0 atom stereocenters. The molecule has 1 amide bonds. The number of carbonyl (C=O) groups excluding carboxylic acids is 1. The minimum atomic E-state index is -3.53. The van der Waals surface area contributed by atoms with E-state index in [9.17, 15) is 17.6 Å². The van der Waals surface area contributed by atoms with Crippen molar-refractivity contribution in [1.29, 1.82) is 0 Å². The van der Waals surface area contributed by atoms with Gasteiger partial charge in [-0.25, -0.2) is 12.8 Å². The van der Waals surface area contributed by atoms with Gasteiger partial charge in [0, 0.05) is 37.8 Å². The topological polar surface area (TPSA) is 57.7 Å². The van der Waals surface area contributed by atoms with Gasteiger partial charge >= 0.3 is 0 Å². The van der Waals surface area contributed by atoms with Crippen molar-refractivity contribution in [1.82, 2.24) is 9.21 Å². The van der Waals surface area contributed by atoms with E-state index in [0.29, 0.717) is 18.7 Å². The van der Waals surface area contributed by atoms with Crippen molar-refractivity contribution >= 4 is 49.3 Å². The Bertz CT molecular complexity index is 935. The van der Waals surface area contributed by atoms with Gasteiger partial charge in [0.2, 0.25) is 5.91 Å². The first-order chi connectivity index (χ1) is 12.4. The second-order valence-corrected chi connectivity index (χ2v) is 10.3. The van der Waals surface area contributed by atoms with E-state index in [-0.39, 0.29) is 23.2 Å². The van der Waals surface area contributed by atoms with Gasteiger partial charge in [-0.05, 0) is 40.2 Å². The van der Waals surface area contributed by atoms with Crippen LogP contribution in [0.1, 0.15) is 5.56 Å². The summed E-state index contributed by atoms with van der Waals surface area (Å²) in [6.45, 7) is 1.06. The summed E-state index contributed by atoms with van der Waals surface area (Å²) in [6.07, 6.45) is 2.75. The molecule has 0 bridgehead atoms. The summed E-state index contributed by atoms with van der Waals surface area (Å²) >= 11 is 4.43. The molecule has 3 rings (SSSR count). The predicted octanol–water partition coefficient (Wildman–Crippen LogP) is 3.20. The number of carbonyl (C=O) groups is 1. The Balaban J connectivity index is 1.61. The van der Waals surface area contributed by atoms with Crippen molar-refractivity contribution in [3.8, 4) is 0 Å². The third-order valence-electron chi connectivity index (χ3n) is 4.00. The van der Waals surface area contributed by atoms with Crippen LogP contribution in [0.5, 0.6) is 0 Å². The number of halogens is 2. The molecule has 0 unspecified atom stereocenters. The largest absolute Gasteiger partial charge is 0.337 e. The Kier molecular flexibility index (Phi) is 5.91. The Morgan fingerprint density at radius 1 is 1.12 bits per heavy atom. The van der Waals surface area contributed by atoms with E-state index in [1.807, 2.05) is 0 Å². The van der Waals surface area contributed by atoms with E-state index in [2.05, 4.69) is 15.9 Å². The van der Waals surface area contributed by atoms with Crippen LogP contribution in [0, 0.1) is 5.82 Å². The lowest BCUT2D eigenvalue weighted by Crippen LogP contribution is -2.50. The molecular formula is C17H16BrFN2O3S2. The van der Waals surface area contributed by atoms with Crippen LogP contribution in [0.4, 0.5) is 4.39 Å². The zero-order valence-corrected chi connectivity index (χ0v) is 16.9. The number of piperazine rings is 1. The van der Waals surface area contributed by atoms with Crippen LogP contribution in [0.2, 0.25) is 0 Å². The second kappa shape index (κ2) is 7.99. The van der Waals surface area contributed by atoms with Gasteiger partial charge in [0.1, 0.15) is 10.0 Å². The number of hydrogen-bond donors (Lipinski definition) is 0. The molecule has 2 aromatic rings. The van der Waals surface area contributed by atoms with E-state index >= 15 is 0 Å². The minimum absolute atomic E-state index is 0.233. The van der Waals surface area contributed by atoms with Gasteiger partial charge < -0.3 is 4.90 Å². The molecule has 1 saturated heterocycles. The number of benzene rings is 1. The van der Waals surface area contributed by atoms with Crippen molar-refractivity contribution in [3.05, 3.63) is 57.6 Å². The lowest BCUT2D eigenvalue weighted by atomic mass is 10.2. The standard InChI is InChI=1S/C17H16BrFN2O3S2/c18-15-6-8-17(25-15)26(23,24)21-11-9-20(10-12-21)16(22)7-5-13-3-1-2-4-14(13)19/h1-8H,9-12H2/b7-5+. The quantitative estimate of drug-likeness (QED) is 0.660. The smallest absolute Gasteiger partial charge is 0.252 e. The number of sulfonamides is 1. The normalized spacial score (nSPS) is 16.3. The molecule has 9 heteroatoms. The van der Waals surface area contributed by atoms with Crippen molar-refractivity contribution in [2.75, 3.05) is 26.2 Å². The van der Waals surface area contributed by atoms with Crippen LogP contribution in [-0.2, 0) is 14.8 Å². The Morgan fingerprint density at radius 2 is 1.81 bits per heavy atom. The van der Waals surface area contributed by atoms with Crippen LogP contribution >= 0.6 is 27.3 Å². The molecule has 0 aliphatic carbocycles. The lowest BCUT2D eigenvalue weighted by molar-refractivity contribution is -0.127. The molecule has 1 aliphatic heterocycles. The summed E-state index contributed by atoms with van der Waals surface area (Å²) in [5.74, 6) is -0.654. The van der Waals surface area contributed by atoms with Crippen molar-refractivity contribution in [3.63, 3.8) is 0 Å². The fourth-order valence-electron chi connectivity index (χ4n) is 2.59. The van der Waals surface area contributed by atoms with E-state index in [1.54, 1.807) is 35.2 Å². The maximum absolute atomic E-state index is 13.6. The Morgan fingerprint density at radius 3 is 2.42 bits per heavy atom. The molecule has 0 spiro atoms. The highest BCUT2D eigenvalue weighted by atomic mass is 79.9. The molecule has 1 fully saturated rings. The van der Waals surface area contributed by atoms with Crippen molar-refractivity contribution in [2.45, 2.75) is 4.21 Å². The van der Waals surface area contributed by atoms with Crippen LogP contribution in [-0.4, -0.2) is 49.7 Å². The van der Waals surface area contributed by atoms with Gasteiger partial charge in [0.25, 0.3) is 10.0 Å². The molecular weight excluding hydrogens is 443 g/mol. The maximum Gasteiger partial charge on any atom is 0.252 e. The fourth-order valence-corrected chi connectivity index (χ4v) is 6.18. The van der Waals surface area contributed by atoms with E-state index in [0.717, 1.165) is 15.1 Å². The number of nitrogens with zero attached hydrogens (tertiary/aromatic N) is 2. The maximum atomic E-state index is 13.6. The summed E-state index contributed by atoms with van der Waals surface area (Å²) < 4.78 is 41.2. The minimum Gasteiger partial charge on any atom is -0.337 e. The monoisotopic (exact) mass is 458 g/mol. The zero-order valence-electron chi connectivity index (χ0n) is 13.6. The molecule has 2 heterocycles. The third kappa shape index (κ3) is 4.22. The van der Waals surface area contributed by atoms with Crippen molar-refractivity contribution < 1.29 is 17.6 Å². The third-order valence-corrected chi connectivity index (χ3v) is 7.99. The highest BCUT2D eigenvalue weighted by molar-refractivity contribution is 9.11. The fraction of sp³-hybridized carbons (Fsp3) is 0.235. The summed E-state index contributed by atoms with van der Waals surface area (Å²) in [7, 11) is -3.53. The molecule has 0 saturated carbocycles. The molecule has 138 valence electrons. The average molecular weight is 459 g/mol. The molecule has 5 nitrogen and oxygen atoms in total. The first kappa shape index (κ1) is 19.2. The molecule has 1 aliphatic rings. The van der Waals surface area contributed by atoms with Gasteiger partial charge in [-0.15, -0.1) is 11.3 Å². The second-order valence-electron chi connectivity index (χ2n) is 5.64. The number of thiophene rings is 1. The SMILES string of the molecule is O=C(/C=C/c1ccccc1F)N1CCN(S(=O)(=O)c2ccc(Br)s2)CC1. The van der Waals surface area contributed by atoms with Crippen LogP contribution < -0.4 is 0 Å². The van der Waals surface area contributed by atoms with E-state index < -0.39 is 15.8 Å². The van der Waals surface area contributed by atoms with Gasteiger partial charge in [-0.1, -0.05) is 18.2 Å². The van der Waals surface area contributed by atoms with Crippen molar-refractivity contribution in [2.24, 2.45) is 0 Å². The van der Waals surface area contributed by atoms with Gasteiger partial charge in [0.05, 0.1) is 3.79 Å². The summed E-state index contributed by atoms with van der Waals surface area (Å²) in [4.78, 5) is 13.8. The van der Waals surface area contributed by atoms with E-state index in [4.69, 9.17) is 0 Å². The molecule has 1 aromatic heterocycles. The highest BCUT2D eigenvalue weighted by Gasteiger charge is 2.30. The predicted molar refractivity (Wildman–Crippen MR) is 103 cm³/mol. The molecule has 0 N–H and O–H groups in total. The summed E-state index contributed by atoms with van der Waals surface area (Å²) in [5.41, 5.74) is 0.338. The number of amides is 1. The van der Waals surface area contributed by atoms with Gasteiger partial charge in [-0.3, -0.25) is 4.79 Å². The van der Waals surface area contributed by atoms with Crippen LogP contribution in [0.15, 0.2) is 50.5 Å². The molecule has 26 heavy (non-hydrogen) atoms. The van der Waals surface area contributed by atoms with Crippen LogP contribution in [0.25, 0.3) is 6.08 Å². The number of hydrogen-bond acceptors (Lipinski definition) is 4. The highest BCUT2D eigenvalue weighted by Crippen LogP contribution is 2.29. The van der Waals surface area contributed by atoms with Gasteiger partial charge in [-0.2, -0.15) is 4.31 Å². The Labute approximate surface area is 163 Å². The average Bonchev–Trinajstić information content (AvgIpc) is 3.08. The van der Waals surface area contributed by atoms with Gasteiger partial charge in [0.15, 0.2) is 0 Å². The molecule has 1 aromatic carbocycles. The summed E-state index contributed by atoms with van der Waals surface area (Å²) in [6, 6.07) is 9.46. The summed E-state index contributed by atoms with van der Waals surface area (Å²) in [5, 5.41) is 0. The number of rotatable bonds is 4. The Hall–Kier alpha value is -1.55. The zero-order chi connectivity index (χ0) is 18.7. The first-order valence-electron chi connectivity index (χ1n) is 7.85. The molecule has 0 radical (unpaired) electrons. The first-order valence-corrected chi connectivity index (χ1v) is 10.9.